The van der Waals surface area contributed by atoms with Gasteiger partial charge in [-0.15, -0.1) is 0 Å². The minimum absolute atomic E-state index is 0.307. The molecule has 0 unspecified atom stereocenters. The van der Waals surface area contributed by atoms with Gasteiger partial charge in [-0.2, -0.15) is 0 Å². The van der Waals surface area contributed by atoms with Crippen molar-refractivity contribution in [3.8, 4) is 0 Å². The van der Waals surface area contributed by atoms with Crippen molar-refractivity contribution in [3.63, 3.8) is 0 Å². The number of carbonyl (C=O) groups excluding carboxylic acids is 2. The van der Waals surface area contributed by atoms with Crippen molar-refractivity contribution in [2.75, 3.05) is 0 Å². The Labute approximate surface area is 54.0 Å². The van der Waals surface area contributed by atoms with Crippen LogP contribution in [0.3, 0.4) is 0 Å². The molecular formula is C3H2BrClO2. The smallest absolute Gasteiger partial charge is 0.208 e. The van der Waals surface area contributed by atoms with E-state index in [9.17, 15) is 9.59 Å². The van der Waals surface area contributed by atoms with Crippen molar-refractivity contribution >= 4 is 40.1 Å². The molecule has 0 aliphatic carbocycles. The van der Waals surface area contributed by atoms with E-state index in [1.165, 1.54) is 0 Å². The zero-order valence-corrected chi connectivity index (χ0v) is 5.57. The molecule has 0 saturated carbocycles. The van der Waals surface area contributed by atoms with Gasteiger partial charge in [-0.25, -0.2) is 0 Å². The molecule has 0 bridgehead atoms. The van der Waals surface area contributed by atoms with Crippen molar-refractivity contribution in [2.45, 2.75) is 3.78 Å². The van der Waals surface area contributed by atoms with Gasteiger partial charge in [0.15, 0.2) is 12.6 Å². The Hall–Kier alpha value is 0.110. The van der Waals surface area contributed by atoms with E-state index >= 15 is 0 Å². The summed E-state index contributed by atoms with van der Waals surface area (Å²) in [6.07, 6.45) is 0.614. The van der Waals surface area contributed by atoms with Gasteiger partial charge >= 0.3 is 0 Å². The quantitative estimate of drug-likeness (QED) is 0.361. The molecule has 0 aromatic carbocycles. The highest BCUT2D eigenvalue weighted by atomic mass is 79.9. The molecule has 0 aromatic heterocycles. The van der Waals surface area contributed by atoms with E-state index in [0.717, 1.165) is 0 Å². The fourth-order valence-electron chi connectivity index (χ4n) is 0.0278. The lowest BCUT2D eigenvalue weighted by molar-refractivity contribution is -0.114. The lowest BCUT2D eigenvalue weighted by Crippen LogP contribution is -2.14. The Kier molecular flexibility index (Phi) is 2.46. The van der Waals surface area contributed by atoms with Gasteiger partial charge in [0, 0.05) is 0 Å². The summed E-state index contributed by atoms with van der Waals surface area (Å²) in [7, 11) is 0. The van der Waals surface area contributed by atoms with E-state index in [2.05, 4.69) is 15.9 Å². The molecule has 0 atom stereocenters. The van der Waals surface area contributed by atoms with Crippen molar-refractivity contribution in [2.24, 2.45) is 0 Å². The van der Waals surface area contributed by atoms with Gasteiger partial charge in [0.05, 0.1) is 0 Å². The third-order valence-electron chi connectivity index (χ3n) is 0.314. The number of alkyl halides is 2. The Morgan fingerprint density at radius 2 is 1.71 bits per heavy atom. The minimum Gasteiger partial charge on any atom is -0.300 e. The molecule has 0 saturated heterocycles. The molecule has 40 valence electrons. The molecule has 0 rings (SSSR count). The molecule has 0 amide bonds. The van der Waals surface area contributed by atoms with Crippen LogP contribution in [0.5, 0.6) is 0 Å². The van der Waals surface area contributed by atoms with Crippen LogP contribution in [0.2, 0.25) is 0 Å². The van der Waals surface area contributed by atoms with Crippen LogP contribution in [0.25, 0.3) is 0 Å². The highest BCUT2D eigenvalue weighted by Gasteiger charge is 2.19. The predicted molar refractivity (Wildman–Crippen MR) is 29.6 cm³/mol. The van der Waals surface area contributed by atoms with Gasteiger partial charge in [0.25, 0.3) is 0 Å². The van der Waals surface area contributed by atoms with Gasteiger partial charge in [0.2, 0.25) is 3.78 Å². The third kappa shape index (κ3) is 2.76. The lowest BCUT2D eigenvalue weighted by Gasteiger charge is -1.95. The van der Waals surface area contributed by atoms with Crippen LogP contribution in [0.15, 0.2) is 0 Å². The summed E-state index contributed by atoms with van der Waals surface area (Å²) in [5, 5.41) is 0. The summed E-state index contributed by atoms with van der Waals surface area (Å²) in [5.41, 5.74) is 0. The summed E-state index contributed by atoms with van der Waals surface area (Å²) in [6.45, 7) is 0. The highest BCUT2D eigenvalue weighted by molar-refractivity contribution is 9.11. The highest BCUT2D eigenvalue weighted by Crippen LogP contribution is 2.15. The predicted octanol–water partition coefficient (Wildman–Crippen LogP) is 0.714. The summed E-state index contributed by atoms with van der Waals surface area (Å²) in [6, 6.07) is 0. The monoisotopic (exact) mass is 184 g/mol. The van der Waals surface area contributed by atoms with E-state index in [1.807, 2.05) is 0 Å². The van der Waals surface area contributed by atoms with Crippen molar-refractivity contribution in [1.29, 1.82) is 0 Å². The van der Waals surface area contributed by atoms with Gasteiger partial charge in [0.1, 0.15) is 0 Å². The van der Waals surface area contributed by atoms with E-state index < -0.39 is 3.78 Å². The largest absolute Gasteiger partial charge is 0.300 e. The van der Waals surface area contributed by atoms with E-state index in [0.29, 0.717) is 12.6 Å². The molecule has 0 aliphatic heterocycles. The Morgan fingerprint density at radius 3 is 1.71 bits per heavy atom. The summed E-state index contributed by atoms with van der Waals surface area (Å²) < 4.78 is -1.49. The van der Waals surface area contributed by atoms with Crippen molar-refractivity contribution < 1.29 is 9.59 Å². The molecular weight excluding hydrogens is 183 g/mol. The zero-order valence-electron chi connectivity index (χ0n) is 3.23. The maximum atomic E-state index is 9.65. The third-order valence-corrected chi connectivity index (χ3v) is 0.866. The fraction of sp³-hybridized carbons (Fsp3) is 0.333. The summed E-state index contributed by atoms with van der Waals surface area (Å²) in [4.78, 5) is 19.3. The average Bonchev–Trinajstić information content (AvgIpc) is 1.68. The van der Waals surface area contributed by atoms with Crippen LogP contribution < -0.4 is 0 Å². The standard InChI is InChI=1S/C3H2BrClO2/c4-3(5,1-6)2-7/h1-2H. The van der Waals surface area contributed by atoms with Gasteiger partial charge in [-0.3, -0.25) is 9.59 Å². The van der Waals surface area contributed by atoms with Gasteiger partial charge in [-0.1, -0.05) is 27.5 Å². The van der Waals surface area contributed by atoms with Crippen LogP contribution in [-0.2, 0) is 9.59 Å². The normalized spacial score (nSPS) is 10.6. The molecule has 7 heavy (non-hydrogen) atoms. The molecule has 2 nitrogen and oxygen atoms in total. The maximum absolute atomic E-state index is 9.65. The van der Waals surface area contributed by atoms with E-state index in [4.69, 9.17) is 11.6 Å². The molecule has 0 radical (unpaired) electrons. The molecule has 0 aromatic rings. The van der Waals surface area contributed by atoms with Crippen LogP contribution in [0.4, 0.5) is 0 Å². The second-order valence-corrected chi connectivity index (χ2v) is 3.30. The SMILES string of the molecule is O=CC(Cl)(Br)C=O. The second kappa shape index (κ2) is 2.43. The molecule has 0 spiro atoms. The molecule has 0 N–H and O–H groups in total. The zero-order chi connectivity index (χ0) is 5.91. The average molecular weight is 185 g/mol. The first-order valence-corrected chi connectivity index (χ1v) is 2.60. The second-order valence-electron chi connectivity index (χ2n) is 0.910. The molecule has 0 fully saturated rings. The maximum Gasteiger partial charge on any atom is 0.208 e. The van der Waals surface area contributed by atoms with Crippen LogP contribution in [0.1, 0.15) is 0 Å². The molecule has 0 heterocycles. The van der Waals surface area contributed by atoms with Crippen LogP contribution in [-0.4, -0.2) is 16.4 Å². The number of carbonyl (C=O) groups is 2. The van der Waals surface area contributed by atoms with Crippen molar-refractivity contribution in [1.82, 2.24) is 0 Å². The van der Waals surface area contributed by atoms with E-state index in [1.54, 1.807) is 0 Å². The minimum atomic E-state index is -1.49. The molecule has 0 aliphatic rings. The van der Waals surface area contributed by atoms with E-state index in [-0.39, 0.29) is 0 Å². The number of hydrogen-bond acceptors (Lipinski definition) is 2. The number of aldehydes is 2. The first-order valence-electron chi connectivity index (χ1n) is 1.43. The Balaban J connectivity index is 3.82. The van der Waals surface area contributed by atoms with Crippen LogP contribution >= 0.6 is 27.5 Å². The number of halogens is 2. The topological polar surface area (TPSA) is 34.1 Å². The first-order chi connectivity index (χ1) is 3.12. The Morgan fingerprint density at radius 1 is 1.43 bits per heavy atom. The van der Waals surface area contributed by atoms with Crippen LogP contribution in [0, 0.1) is 0 Å². The first kappa shape index (κ1) is 7.11. The molecule has 4 heteroatoms. The number of rotatable bonds is 2. The Bertz CT molecular complexity index is 80.9. The lowest BCUT2D eigenvalue weighted by atomic mass is 10.5. The van der Waals surface area contributed by atoms with Crippen molar-refractivity contribution in [3.05, 3.63) is 0 Å². The summed E-state index contributed by atoms with van der Waals surface area (Å²) in [5.74, 6) is 0. The van der Waals surface area contributed by atoms with Gasteiger partial charge in [-0.05, 0) is 0 Å². The van der Waals surface area contributed by atoms with Gasteiger partial charge < -0.3 is 0 Å². The fourth-order valence-corrected chi connectivity index (χ4v) is 0.0278. The summed E-state index contributed by atoms with van der Waals surface area (Å²) >= 11 is 7.69. The number of hydrogen-bond donors (Lipinski definition) is 0.